The predicted octanol–water partition coefficient (Wildman–Crippen LogP) is 6.12. The Balaban J connectivity index is 1.19. The van der Waals surface area contributed by atoms with Crippen LogP contribution in [0.3, 0.4) is 0 Å². The maximum absolute atomic E-state index is 13.8. The van der Waals surface area contributed by atoms with E-state index in [1.165, 1.54) is 11.3 Å². The molecule has 1 saturated heterocycles. The van der Waals surface area contributed by atoms with E-state index in [4.69, 9.17) is 0 Å². The molecule has 0 radical (unpaired) electrons. The number of benzene rings is 2. The number of hydrogen-bond donors (Lipinski definition) is 2. The molecular formula is C31H31F3N6O2S. The molecule has 1 saturated carbocycles. The molecule has 1 aliphatic heterocycles. The maximum atomic E-state index is 13.8. The molecule has 2 fully saturated rings. The molecule has 224 valence electrons. The van der Waals surface area contributed by atoms with E-state index in [-0.39, 0.29) is 17.4 Å². The first kappa shape index (κ1) is 29.2. The van der Waals surface area contributed by atoms with E-state index in [1.807, 2.05) is 12.1 Å². The summed E-state index contributed by atoms with van der Waals surface area (Å²) in [5.41, 5.74) is 2.01. The highest BCUT2D eigenvalue weighted by Gasteiger charge is 2.32. The quantitative estimate of drug-likeness (QED) is 0.251. The SMILES string of the molecule is CCN1CCN(Cc2cc(C(=O)Nc3cccc(-c4ccc5nc(NC(=O)C6CC6)sc5n4)c3)cc(C(F)(F)F)c2)CC1. The van der Waals surface area contributed by atoms with Gasteiger partial charge in [-0.15, -0.1) is 0 Å². The number of carbonyl (C=O) groups excluding carboxylic acids is 2. The van der Waals surface area contributed by atoms with Crippen molar-refractivity contribution in [1.29, 1.82) is 0 Å². The number of hydrogen-bond acceptors (Lipinski definition) is 7. The van der Waals surface area contributed by atoms with E-state index in [1.54, 1.807) is 30.3 Å². The summed E-state index contributed by atoms with van der Waals surface area (Å²) in [5.74, 6) is -0.578. The Kier molecular flexibility index (Phi) is 8.17. The highest BCUT2D eigenvalue weighted by molar-refractivity contribution is 7.22. The lowest BCUT2D eigenvalue weighted by atomic mass is 10.0. The molecule has 12 heteroatoms. The topological polar surface area (TPSA) is 90.5 Å². The zero-order valence-electron chi connectivity index (χ0n) is 23.6. The Labute approximate surface area is 250 Å². The molecule has 4 aromatic rings. The van der Waals surface area contributed by atoms with Crippen LogP contribution in [0.2, 0.25) is 0 Å². The Morgan fingerprint density at radius 2 is 1.72 bits per heavy atom. The van der Waals surface area contributed by atoms with Gasteiger partial charge in [-0.2, -0.15) is 13.2 Å². The molecule has 2 aromatic carbocycles. The van der Waals surface area contributed by atoms with Crippen molar-refractivity contribution in [3.8, 4) is 11.3 Å². The number of fused-ring (bicyclic) bond motifs is 1. The highest BCUT2D eigenvalue weighted by Crippen LogP contribution is 2.34. The third-order valence-electron chi connectivity index (χ3n) is 7.75. The first-order chi connectivity index (χ1) is 20.6. The van der Waals surface area contributed by atoms with Crippen LogP contribution in [0.1, 0.15) is 41.3 Å². The fourth-order valence-corrected chi connectivity index (χ4v) is 5.98. The van der Waals surface area contributed by atoms with Gasteiger partial charge >= 0.3 is 6.18 Å². The van der Waals surface area contributed by atoms with Crippen LogP contribution in [-0.4, -0.2) is 64.3 Å². The molecule has 0 spiro atoms. The van der Waals surface area contributed by atoms with E-state index >= 15 is 0 Å². The molecule has 2 aromatic heterocycles. The number of aromatic nitrogens is 2. The number of carbonyl (C=O) groups is 2. The first-order valence-corrected chi connectivity index (χ1v) is 15.1. The minimum absolute atomic E-state index is 0.0228. The third kappa shape index (κ3) is 7.03. The summed E-state index contributed by atoms with van der Waals surface area (Å²) in [6, 6.07) is 14.2. The van der Waals surface area contributed by atoms with Crippen LogP contribution in [0.15, 0.2) is 54.6 Å². The van der Waals surface area contributed by atoms with Gasteiger partial charge in [0.05, 0.1) is 11.3 Å². The minimum atomic E-state index is -4.58. The fraction of sp³-hybridized carbons (Fsp3) is 0.355. The molecule has 0 atom stereocenters. The van der Waals surface area contributed by atoms with E-state index < -0.39 is 17.6 Å². The summed E-state index contributed by atoms with van der Waals surface area (Å²) in [7, 11) is 0. The Bertz CT molecular complexity index is 1660. The average Bonchev–Trinajstić information content (AvgIpc) is 3.77. The molecular weight excluding hydrogens is 577 g/mol. The summed E-state index contributed by atoms with van der Waals surface area (Å²) in [5, 5.41) is 6.11. The number of rotatable bonds is 8. The molecule has 0 bridgehead atoms. The standard InChI is InChI=1S/C31H31F3N6O2S/c1-2-39-10-12-40(13-11-39)18-19-14-22(16-23(15-19)31(32,33)34)28(42)35-24-5-3-4-21(17-24)25-8-9-26-29(36-25)43-30(37-26)38-27(41)20-6-7-20/h3-5,8-9,14-17,20H,2,6-7,10-13,18H2,1H3,(H,35,42)(H,37,38,41). The first-order valence-electron chi connectivity index (χ1n) is 14.3. The maximum Gasteiger partial charge on any atom is 0.416 e. The van der Waals surface area contributed by atoms with Crippen LogP contribution in [0.4, 0.5) is 24.0 Å². The van der Waals surface area contributed by atoms with Crippen molar-refractivity contribution < 1.29 is 22.8 Å². The predicted molar refractivity (Wildman–Crippen MR) is 161 cm³/mol. The van der Waals surface area contributed by atoms with Crippen LogP contribution in [0.5, 0.6) is 0 Å². The van der Waals surface area contributed by atoms with Gasteiger partial charge in [-0.1, -0.05) is 30.4 Å². The number of nitrogens with zero attached hydrogens (tertiary/aromatic N) is 4. The summed E-state index contributed by atoms with van der Waals surface area (Å²) >= 11 is 1.29. The molecule has 2 amide bonds. The molecule has 1 aliphatic carbocycles. The number of likely N-dealkylation sites (N-methyl/N-ethyl adjacent to an activating group) is 1. The zero-order chi connectivity index (χ0) is 30.1. The monoisotopic (exact) mass is 608 g/mol. The molecule has 8 nitrogen and oxygen atoms in total. The number of piperazine rings is 1. The Hall–Kier alpha value is -3.87. The Morgan fingerprint density at radius 3 is 2.44 bits per heavy atom. The summed E-state index contributed by atoms with van der Waals surface area (Å²) < 4.78 is 41.4. The van der Waals surface area contributed by atoms with Gasteiger partial charge in [-0.3, -0.25) is 14.5 Å². The van der Waals surface area contributed by atoms with Crippen molar-refractivity contribution in [2.24, 2.45) is 5.92 Å². The molecule has 2 N–H and O–H groups in total. The van der Waals surface area contributed by atoms with Crippen LogP contribution < -0.4 is 10.6 Å². The van der Waals surface area contributed by atoms with Gasteiger partial charge in [-0.05, 0) is 67.4 Å². The van der Waals surface area contributed by atoms with Gasteiger partial charge in [0.15, 0.2) is 5.13 Å². The van der Waals surface area contributed by atoms with Crippen molar-refractivity contribution in [2.75, 3.05) is 43.4 Å². The fourth-order valence-electron chi connectivity index (χ4n) is 5.14. The van der Waals surface area contributed by atoms with Crippen LogP contribution in [0.25, 0.3) is 21.6 Å². The van der Waals surface area contributed by atoms with E-state index in [2.05, 4.69) is 37.3 Å². The van der Waals surface area contributed by atoms with Gasteiger partial charge < -0.3 is 15.5 Å². The van der Waals surface area contributed by atoms with Crippen molar-refractivity contribution in [3.05, 3.63) is 71.3 Å². The second-order valence-electron chi connectivity index (χ2n) is 11.0. The lowest BCUT2D eigenvalue weighted by molar-refractivity contribution is -0.137. The van der Waals surface area contributed by atoms with Gasteiger partial charge in [0, 0.05) is 55.5 Å². The highest BCUT2D eigenvalue weighted by atomic mass is 32.1. The van der Waals surface area contributed by atoms with Gasteiger partial charge in [-0.25, -0.2) is 9.97 Å². The van der Waals surface area contributed by atoms with Crippen molar-refractivity contribution in [3.63, 3.8) is 0 Å². The molecule has 43 heavy (non-hydrogen) atoms. The molecule has 6 rings (SSSR count). The second-order valence-corrected chi connectivity index (χ2v) is 11.9. The van der Waals surface area contributed by atoms with Gasteiger partial charge in [0.2, 0.25) is 5.91 Å². The van der Waals surface area contributed by atoms with Crippen LogP contribution >= 0.6 is 11.3 Å². The molecule has 2 aliphatic rings. The van der Waals surface area contributed by atoms with Crippen molar-refractivity contribution >= 4 is 44.3 Å². The smallest absolute Gasteiger partial charge is 0.322 e. The third-order valence-corrected chi connectivity index (χ3v) is 8.63. The van der Waals surface area contributed by atoms with E-state index in [9.17, 15) is 22.8 Å². The average molecular weight is 609 g/mol. The van der Waals surface area contributed by atoms with Crippen molar-refractivity contribution in [2.45, 2.75) is 32.5 Å². The molecule has 0 unspecified atom stereocenters. The molecule has 3 heterocycles. The largest absolute Gasteiger partial charge is 0.416 e. The number of alkyl halides is 3. The number of amides is 2. The summed E-state index contributed by atoms with van der Waals surface area (Å²) in [6.07, 6.45) is -2.78. The summed E-state index contributed by atoms with van der Waals surface area (Å²) in [6.45, 7) is 6.62. The lowest BCUT2D eigenvalue weighted by Crippen LogP contribution is -2.45. The van der Waals surface area contributed by atoms with Crippen LogP contribution in [-0.2, 0) is 17.5 Å². The van der Waals surface area contributed by atoms with E-state index in [0.717, 1.165) is 57.7 Å². The van der Waals surface area contributed by atoms with Crippen LogP contribution in [0, 0.1) is 5.92 Å². The number of thiazole rings is 1. The number of pyridine rings is 1. The van der Waals surface area contributed by atoms with E-state index in [0.29, 0.717) is 44.5 Å². The number of halogens is 3. The number of nitrogens with one attached hydrogen (secondary N) is 2. The van der Waals surface area contributed by atoms with Gasteiger partial charge in [0.25, 0.3) is 5.91 Å². The zero-order valence-corrected chi connectivity index (χ0v) is 24.4. The van der Waals surface area contributed by atoms with Crippen molar-refractivity contribution in [1.82, 2.24) is 19.8 Å². The second kappa shape index (κ2) is 12.0. The Morgan fingerprint density at radius 1 is 0.953 bits per heavy atom. The number of anilines is 2. The van der Waals surface area contributed by atoms with Gasteiger partial charge in [0.1, 0.15) is 10.3 Å². The lowest BCUT2D eigenvalue weighted by Gasteiger charge is -2.34. The normalized spacial score (nSPS) is 16.4. The minimum Gasteiger partial charge on any atom is -0.322 e. The summed E-state index contributed by atoms with van der Waals surface area (Å²) in [4.78, 5) is 39.5.